The van der Waals surface area contributed by atoms with Gasteiger partial charge in [0.15, 0.2) is 0 Å². The molecule has 2 aromatic rings. The number of hydrogen-bond acceptors (Lipinski definition) is 4. The molecular formula is C10H9N5. The molecule has 0 bridgehead atoms. The maximum atomic E-state index is 8.84. The fraction of sp³-hybridized carbons (Fsp3) is 0. The summed E-state index contributed by atoms with van der Waals surface area (Å²) in [4.78, 5) is 4.09. The molecule has 0 spiro atoms. The molecule has 15 heavy (non-hydrogen) atoms. The Labute approximate surface area is 86.6 Å². The Hall–Kier alpha value is -2.48. The predicted molar refractivity (Wildman–Crippen MR) is 57.1 cm³/mol. The van der Waals surface area contributed by atoms with Crippen molar-refractivity contribution in [1.82, 2.24) is 9.55 Å². The van der Waals surface area contributed by atoms with Crippen LogP contribution in [0.15, 0.2) is 30.5 Å². The molecule has 0 atom stereocenters. The third kappa shape index (κ3) is 1.48. The van der Waals surface area contributed by atoms with Gasteiger partial charge in [0.25, 0.3) is 0 Å². The minimum Gasteiger partial charge on any atom is -0.396 e. The third-order valence-electron chi connectivity index (χ3n) is 2.05. The van der Waals surface area contributed by atoms with Crippen LogP contribution in [0, 0.1) is 11.3 Å². The molecular weight excluding hydrogens is 190 g/mol. The van der Waals surface area contributed by atoms with Gasteiger partial charge in [-0.1, -0.05) is 0 Å². The fourth-order valence-corrected chi connectivity index (χ4v) is 1.28. The van der Waals surface area contributed by atoms with Crippen molar-refractivity contribution < 1.29 is 0 Å². The number of hydrogen-bond donors (Lipinski definition) is 2. The molecule has 0 saturated heterocycles. The van der Waals surface area contributed by atoms with Crippen LogP contribution in [0.1, 0.15) is 5.69 Å². The fourth-order valence-electron chi connectivity index (χ4n) is 1.28. The van der Waals surface area contributed by atoms with Crippen molar-refractivity contribution in [1.29, 1.82) is 5.26 Å². The molecule has 0 unspecified atom stereocenters. The van der Waals surface area contributed by atoms with E-state index in [1.54, 1.807) is 35.0 Å². The summed E-state index contributed by atoms with van der Waals surface area (Å²) in [6.45, 7) is 0. The van der Waals surface area contributed by atoms with Crippen LogP contribution in [-0.4, -0.2) is 9.55 Å². The van der Waals surface area contributed by atoms with Gasteiger partial charge < -0.3 is 11.5 Å². The number of nitrogens with two attached hydrogens (primary N) is 2. The molecule has 74 valence electrons. The minimum absolute atomic E-state index is 0.269. The molecule has 0 saturated carbocycles. The monoisotopic (exact) mass is 199 g/mol. The zero-order chi connectivity index (χ0) is 10.8. The number of nitrogen functional groups attached to an aromatic ring is 2. The number of nitriles is 1. The number of pyridine rings is 1. The van der Waals surface area contributed by atoms with Crippen LogP contribution in [0.2, 0.25) is 0 Å². The number of rotatable bonds is 1. The van der Waals surface area contributed by atoms with Crippen LogP contribution < -0.4 is 11.5 Å². The van der Waals surface area contributed by atoms with Crippen molar-refractivity contribution in [2.75, 3.05) is 11.5 Å². The van der Waals surface area contributed by atoms with E-state index in [1.165, 1.54) is 0 Å². The summed E-state index contributed by atoms with van der Waals surface area (Å²) < 4.78 is 1.65. The summed E-state index contributed by atoms with van der Waals surface area (Å²) in [5.41, 5.74) is 12.1. The van der Waals surface area contributed by atoms with Crippen molar-refractivity contribution in [3.05, 3.63) is 36.2 Å². The Morgan fingerprint density at radius 1 is 1.27 bits per heavy atom. The van der Waals surface area contributed by atoms with E-state index in [-0.39, 0.29) is 5.82 Å². The first kappa shape index (κ1) is 9.09. The standard InChI is InChI=1S/C10H9N5/c11-6-7-2-1-5-15(7)9-4-3-8(12)10(13)14-9/h1-5H,12H2,(H2,13,14). The van der Waals surface area contributed by atoms with Gasteiger partial charge in [0.05, 0.1) is 5.69 Å². The molecule has 2 aromatic heterocycles. The Balaban J connectivity index is 2.56. The van der Waals surface area contributed by atoms with Gasteiger partial charge in [0.1, 0.15) is 23.4 Å². The SMILES string of the molecule is N#Cc1cccn1-c1ccc(N)c(N)n1. The summed E-state index contributed by atoms with van der Waals surface area (Å²) in [6.07, 6.45) is 1.75. The Bertz CT molecular complexity index is 535. The van der Waals surface area contributed by atoms with Gasteiger partial charge in [-0.3, -0.25) is 4.57 Å². The zero-order valence-electron chi connectivity index (χ0n) is 7.88. The summed E-state index contributed by atoms with van der Waals surface area (Å²) in [7, 11) is 0. The van der Waals surface area contributed by atoms with E-state index in [0.717, 1.165) is 0 Å². The highest BCUT2D eigenvalue weighted by molar-refractivity contribution is 5.59. The molecule has 0 radical (unpaired) electrons. The number of anilines is 2. The summed E-state index contributed by atoms with van der Waals surface area (Å²) in [5, 5.41) is 8.84. The Morgan fingerprint density at radius 3 is 2.73 bits per heavy atom. The van der Waals surface area contributed by atoms with Crippen LogP contribution in [-0.2, 0) is 0 Å². The molecule has 0 aromatic carbocycles. The summed E-state index contributed by atoms with van der Waals surface area (Å²) in [6, 6.07) is 8.91. The van der Waals surface area contributed by atoms with E-state index < -0.39 is 0 Å². The van der Waals surface area contributed by atoms with E-state index in [0.29, 0.717) is 17.2 Å². The first-order chi connectivity index (χ1) is 7.22. The average molecular weight is 199 g/mol. The summed E-state index contributed by atoms with van der Waals surface area (Å²) in [5.74, 6) is 0.855. The van der Waals surface area contributed by atoms with Crippen molar-refractivity contribution >= 4 is 11.5 Å². The van der Waals surface area contributed by atoms with Crippen molar-refractivity contribution in [3.8, 4) is 11.9 Å². The molecule has 0 aliphatic rings. The minimum atomic E-state index is 0.269. The van der Waals surface area contributed by atoms with Gasteiger partial charge in [0, 0.05) is 6.20 Å². The van der Waals surface area contributed by atoms with Gasteiger partial charge in [-0.05, 0) is 24.3 Å². The molecule has 0 aliphatic carbocycles. The Morgan fingerprint density at radius 2 is 2.07 bits per heavy atom. The molecule has 0 amide bonds. The quantitative estimate of drug-likeness (QED) is 0.713. The largest absolute Gasteiger partial charge is 0.396 e. The first-order valence-corrected chi connectivity index (χ1v) is 4.32. The lowest BCUT2D eigenvalue weighted by atomic mass is 10.3. The van der Waals surface area contributed by atoms with Crippen molar-refractivity contribution in [2.45, 2.75) is 0 Å². The highest BCUT2D eigenvalue weighted by atomic mass is 15.1. The molecule has 4 N–H and O–H groups in total. The van der Waals surface area contributed by atoms with Gasteiger partial charge in [-0.15, -0.1) is 0 Å². The smallest absolute Gasteiger partial charge is 0.149 e. The lowest BCUT2D eigenvalue weighted by Gasteiger charge is -2.05. The second-order valence-corrected chi connectivity index (χ2v) is 3.02. The van der Waals surface area contributed by atoms with E-state index in [4.69, 9.17) is 16.7 Å². The second-order valence-electron chi connectivity index (χ2n) is 3.02. The van der Waals surface area contributed by atoms with E-state index in [9.17, 15) is 0 Å². The number of nitrogens with zero attached hydrogens (tertiary/aromatic N) is 3. The van der Waals surface area contributed by atoms with Gasteiger partial charge in [0.2, 0.25) is 0 Å². The Kier molecular flexibility index (Phi) is 2.03. The molecule has 0 fully saturated rings. The number of aromatic nitrogens is 2. The molecule has 5 nitrogen and oxygen atoms in total. The van der Waals surface area contributed by atoms with Crippen LogP contribution in [0.5, 0.6) is 0 Å². The van der Waals surface area contributed by atoms with E-state index >= 15 is 0 Å². The third-order valence-corrected chi connectivity index (χ3v) is 2.05. The van der Waals surface area contributed by atoms with E-state index in [2.05, 4.69) is 11.1 Å². The molecule has 2 heterocycles. The van der Waals surface area contributed by atoms with Gasteiger partial charge in [-0.2, -0.15) is 5.26 Å². The maximum absolute atomic E-state index is 8.84. The van der Waals surface area contributed by atoms with E-state index in [1.807, 2.05) is 0 Å². The molecule has 5 heteroatoms. The molecule has 0 aliphatic heterocycles. The predicted octanol–water partition coefficient (Wildman–Crippen LogP) is 0.908. The topological polar surface area (TPSA) is 93.6 Å². The van der Waals surface area contributed by atoms with Crippen LogP contribution in [0.4, 0.5) is 11.5 Å². The maximum Gasteiger partial charge on any atom is 0.149 e. The van der Waals surface area contributed by atoms with Gasteiger partial charge >= 0.3 is 0 Å². The average Bonchev–Trinajstić information content (AvgIpc) is 2.70. The molecule has 2 rings (SSSR count). The first-order valence-electron chi connectivity index (χ1n) is 4.32. The zero-order valence-corrected chi connectivity index (χ0v) is 7.88. The highest BCUT2D eigenvalue weighted by Crippen LogP contribution is 2.16. The van der Waals surface area contributed by atoms with Crippen LogP contribution in [0.25, 0.3) is 5.82 Å². The second kappa shape index (κ2) is 3.35. The van der Waals surface area contributed by atoms with Crippen molar-refractivity contribution in [2.24, 2.45) is 0 Å². The van der Waals surface area contributed by atoms with Crippen LogP contribution >= 0.6 is 0 Å². The van der Waals surface area contributed by atoms with Crippen molar-refractivity contribution in [3.63, 3.8) is 0 Å². The normalized spacial score (nSPS) is 9.80. The lowest BCUT2D eigenvalue weighted by Crippen LogP contribution is -2.03. The van der Waals surface area contributed by atoms with Gasteiger partial charge in [-0.25, -0.2) is 4.98 Å². The highest BCUT2D eigenvalue weighted by Gasteiger charge is 2.04. The summed E-state index contributed by atoms with van der Waals surface area (Å²) >= 11 is 0. The van der Waals surface area contributed by atoms with Crippen LogP contribution in [0.3, 0.4) is 0 Å². The lowest BCUT2D eigenvalue weighted by molar-refractivity contribution is 0.993.